The zero-order valence-corrected chi connectivity index (χ0v) is 46.9. The molecule has 1 rings (SSSR count). The van der Waals surface area contributed by atoms with Gasteiger partial charge in [0.15, 0.2) is 6.29 Å². The van der Waals surface area contributed by atoms with Gasteiger partial charge in [0.2, 0.25) is 5.91 Å². The van der Waals surface area contributed by atoms with E-state index in [0.29, 0.717) is 19.3 Å². The minimum absolute atomic E-state index is 0.245. The van der Waals surface area contributed by atoms with E-state index in [4.69, 9.17) is 9.47 Å². The molecule has 1 heterocycles. The Morgan fingerprint density at radius 3 is 1.33 bits per heavy atom. The number of carbonyl (C=O) groups excluding carboxylic acids is 1. The van der Waals surface area contributed by atoms with Crippen LogP contribution < -0.4 is 5.32 Å². The summed E-state index contributed by atoms with van der Waals surface area (Å²) in [6, 6.07) is -1.19. The molecule has 1 aliphatic heterocycles. The fraction of sp³-hybridized carbons (Fsp3) is 0.855. The zero-order chi connectivity index (χ0) is 53.3. The van der Waals surface area contributed by atoms with Crippen molar-refractivity contribution in [2.45, 2.75) is 326 Å². The lowest BCUT2D eigenvalue weighted by Crippen LogP contribution is -2.60. The van der Waals surface area contributed by atoms with Gasteiger partial charge in [-0.2, -0.15) is 0 Å². The Hall–Kier alpha value is -1.93. The van der Waals surface area contributed by atoms with Gasteiger partial charge in [-0.1, -0.05) is 236 Å². The molecule has 9 atom stereocenters. The number of rotatable bonds is 52. The zero-order valence-electron chi connectivity index (χ0n) is 46.9. The van der Waals surface area contributed by atoms with Crippen molar-refractivity contribution in [2.24, 2.45) is 0 Å². The largest absolute Gasteiger partial charge is 0.394 e. The summed E-state index contributed by atoms with van der Waals surface area (Å²) in [6.45, 7) is 3.40. The first-order valence-corrected chi connectivity index (χ1v) is 30.5. The Labute approximate surface area is 447 Å². The Morgan fingerprint density at radius 2 is 0.863 bits per heavy atom. The SMILES string of the molecule is CCCCC/C=C/CC/C=C/CCCC(O)C(O)C(COC1OC(CO)C(O)C(O)C1O)NC(=O)C(O)CCCCCCCCCCCCCCCCCC/C=C\C/C=C\CCCCCCCCCCCCC. The molecule has 1 fully saturated rings. The molecule has 0 bridgehead atoms. The lowest BCUT2D eigenvalue weighted by molar-refractivity contribution is -0.303. The van der Waals surface area contributed by atoms with E-state index in [9.17, 15) is 40.5 Å². The Bertz CT molecular complexity index is 1320. The van der Waals surface area contributed by atoms with Crippen LogP contribution in [-0.2, 0) is 14.3 Å². The van der Waals surface area contributed by atoms with E-state index in [-0.39, 0.29) is 12.8 Å². The van der Waals surface area contributed by atoms with Crippen LogP contribution >= 0.6 is 0 Å². The summed E-state index contributed by atoms with van der Waals surface area (Å²) in [5, 5.41) is 75.9. The van der Waals surface area contributed by atoms with Crippen LogP contribution in [-0.4, -0.2) is 110 Å². The van der Waals surface area contributed by atoms with Crippen molar-refractivity contribution in [1.29, 1.82) is 0 Å². The minimum atomic E-state index is -1.67. The maximum Gasteiger partial charge on any atom is 0.249 e. The van der Waals surface area contributed by atoms with Crippen LogP contribution in [0.25, 0.3) is 0 Å². The molecule has 1 amide bonds. The summed E-state index contributed by atoms with van der Waals surface area (Å²) in [6.07, 6.45) is 53.5. The van der Waals surface area contributed by atoms with Crippen molar-refractivity contribution in [3.05, 3.63) is 48.6 Å². The second-order valence-corrected chi connectivity index (χ2v) is 21.4. The molecule has 0 aromatic rings. The summed E-state index contributed by atoms with van der Waals surface area (Å²) in [5.74, 6) is -0.710. The third-order valence-electron chi connectivity index (χ3n) is 14.6. The quantitative estimate of drug-likeness (QED) is 0.0215. The van der Waals surface area contributed by atoms with Crippen LogP contribution in [0.15, 0.2) is 48.6 Å². The second kappa shape index (κ2) is 50.9. The molecule has 0 spiro atoms. The maximum absolute atomic E-state index is 13.2. The third kappa shape index (κ3) is 39.1. The van der Waals surface area contributed by atoms with Gasteiger partial charge in [0, 0.05) is 0 Å². The average molecular weight is 1030 g/mol. The molecule has 11 nitrogen and oxygen atoms in total. The molecule has 1 aliphatic rings. The molecule has 8 N–H and O–H groups in total. The lowest BCUT2D eigenvalue weighted by Gasteiger charge is -2.40. The topological polar surface area (TPSA) is 189 Å². The first kappa shape index (κ1) is 69.1. The van der Waals surface area contributed by atoms with Crippen molar-refractivity contribution < 1.29 is 50.0 Å². The molecular formula is C62H115NO10. The smallest absolute Gasteiger partial charge is 0.249 e. The number of allylic oxidation sites excluding steroid dienone is 8. The average Bonchev–Trinajstić information content (AvgIpc) is 3.39. The van der Waals surface area contributed by atoms with E-state index in [1.807, 2.05) is 0 Å². The molecule has 73 heavy (non-hydrogen) atoms. The van der Waals surface area contributed by atoms with Gasteiger partial charge in [0.25, 0.3) is 0 Å². The third-order valence-corrected chi connectivity index (χ3v) is 14.6. The Balaban J connectivity index is 2.17. The van der Waals surface area contributed by atoms with Crippen molar-refractivity contribution >= 4 is 5.91 Å². The summed E-state index contributed by atoms with van der Waals surface area (Å²) in [4.78, 5) is 13.2. The van der Waals surface area contributed by atoms with Crippen molar-refractivity contribution in [3.8, 4) is 0 Å². The normalized spacial score (nSPS) is 20.3. The number of unbranched alkanes of at least 4 members (excludes halogenated alkanes) is 32. The number of hydrogen-bond donors (Lipinski definition) is 8. The summed E-state index contributed by atoms with van der Waals surface area (Å²) in [7, 11) is 0. The van der Waals surface area contributed by atoms with Gasteiger partial charge < -0.3 is 50.5 Å². The highest BCUT2D eigenvalue weighted by atomic mass is 16.7. The monoisotopic (exact) mass is 1030 g/mol. The van der Waals surface area contributed by atoms with Crippen LogP contribution in [0, 0.1) is 0 Å². The highest BCUT2D eigenvalue weighted by molar-refractivity contribution is 5.80. The summed E-state index contributed by atoms with van der Waals surface area (Å²) >= 11 is 0. The van der Waals surface area contributed by atoms with E-state index in [2.05, 4.69) is 67.8 Å². The molecule has 11 heteroatoms. The molecule has 428 valence electrons. The number of ether oxygens (including phenoxy) is 2. The number of carbonyl (C=O) groups is 1. The van der Waals surface area contributed by atoms with Crippen LogP contribution in [0.2, 0.25) is 0 Å². The van der Waals surface area contributed by atoms with Crippen molar-refractivity contribution in [2.75, 3.05) is 13.2 Å². The van der Waals surface area contributed by atoms with Crippen molar-refractivity contribution in [1.82, 2.24) is 5.32 Å². The second-order valence-electron chi connectivity index (χ2n) is 21.4. The fourth-order valence-corrected chi connectivity index (χ4v) is 9.61. The van der Waals surface area contributed by atoms with Crippen LogP contribution in [0.1, 0.15) is 271 Å². The van der Waals surface area contributed by atoms with Gasteiger partial charge in [-0.25, -0.2) is 0 Å². The first-order chi connectivity index (χ1) is 35.7. The molecular weight excluding hydrogens is 919 g/mol. The molecule has 0 radical (unpaired) electrons. The van der Waals surface area contributed by atoms with Gasteiger partial charge in [-0.05, 0) is 83.5 Å². The Morgan fingerprint density at radius 1 is 0.479 bits per heavy atom. The number of aliphatic hydroxyl groups excluding tert-OH is 7. The van der Waals surface area contributed by atoms with Gasteiger partial charge >= 0.3 is 0 Å². The molecule has 0 aromatic carbocycles. The minimum Gasteiger partial charge on any atom is -0.394 e. The van der Waals surface area contributed by atoms with E-state index < -0.39 is 74.2 Å². The molecule has 1 saturated heterocycles. The lowest BCUT2D eigenvalue weighted by atomic mass is 9.98. The van der Waals surface area contributed by atoms with E-state index >= 15 is 0 Å². The van der Waals surface area contributed by atoms with Crippen LogP contribution in [0.5, 0.6) is 0 Å². The van der Waals surface area contributed by atoms with E-state index in [0.717, 1.165) is 44.9 Å². The van der Waals surface area contributed by atoms with Crippen LogP contribution in [0.3, 0.4) is 0 Å². The highest BCUT2D eigenvalue weighted by Gasteiger charge is 2.44. The summed E-state index contributed by atoms with van der Waals surface area (Å²) in [5.41, 5.74) is 0. The summed E-state index contributed by atoms with van der Waals surface area (Å²) < 4.78 is 11.1. The molecule has 9 unspecified atom stereocenters. The number of aliphatic hydroxyl groups is 7. The highest BCUT2D eigenvalue weighted by Crippen LogP contribution is 2.23. The van der Waals surface area contributed by atoms with Crippen LogP contribution in [0.4, 0.5) is 0 Å². The molecule has 0 aromatic heterocycles. The van der Waals surface area contributed by atoms with E-state index in [1.54, 1.807) is 0 Å². The Kier molecular flexibility index (Phi) is 48.1. The molecule has 0 aliphatic carbocycles. The van der Waals surface area contributed by atoms with Gasteiger partial charge in [0.1, 0.15) is 36.6 Å². The maximum atomic E-state index is 13.2. The number of amides is 1. The fourth-order valence-electron chi connectivity index (χ4n) is 9.61. The molecule has 0 saturated carbocycles. The standard InChI is InChI=1S/C62H115NO10/c1-3-5-7-9-11-13-15-17-18-19-20-21-22-23-24-25-26-27-28-29-30-31-32-33-34-35-36-37-38-40-42-44-46-48-50-55(66)61(71)63-53(52-72-62-60(70)59(69)58(68)56(51-64)73-62)57(67)54(65)49-47-45-43-41-39-16-14-12-10-8-6-4-2/h12,14,22-23,25-26,41,43,53-60,62,64-70H,3-11,13,15-21,24,27-40,42,44-52H2,1-2H3,(H,63,71)/b14-12+,23-22-,26-25-,43-41+. The number of nitrogens with one attached hydrogen (secondary N) is 1. The predicted octanol–water partition coefficient (Wildman–Crippen LogP) is 13.2. The van der Waals surface area contributed by atoms with E-state index in [1.165, 1.54) is 180 Å². The number of hydrogen-bond acceptors (Lipinski definition) is 10. The van der Waals surface area contributed by atoms with Gasteiger partial charge in [-0.3, -0.25) is 4.79 Å². The van der Waals surface area contributed by atoms with Gasteiger partial charge in [-0.15, -0.1) is 0 Å². The van der Waals surface area contributed by atoms with Gasteiger partial charge in [0.05, 0.1) is 25.4 Å². The first-order valence-electron chi connectivity index (χ1n) is 30.5. The predicted molar refractivity (Wildman–Crippen MR) is 302 cm³/mol. The van der Waals surface area contributed by atoms with Crippen molar-refractivity contribution in [3.63, 3.8) is 0 Å².